The van der Waals surface area contributed by atoms with Crippen molar-refractivity contribution < 1.29 is 37.1 Å². The molecule has 11 heavy (non-hydrogen) atoms. The van der Waals surface area contributed by atoms with E-state index in [1.807, 2.05) is 4.98 Å². The van der Waals surface area contributed by atoms with Crippen LogP contribution in [-0.4, -0.2) is 4.98 Å². The first kappa shape index (κ1) is 10.9. The summed E-state index contributed by atoms with van der Waals surface area (Å²) in [5.74, 6) is -0.509. The van der Waals surface area contributed by atoms with E-state index >= 15 is 0 Å². The Hall–Kier alpha value is -0.0861. The van der Waals surface area contributed by atoms with Gasteiger partial charge in [0.25, 0.3) is 5.76 Å². The van der Waals surface area contributed by atoms with Gasteiger partial charge in [0.05, 0.1) is 0 Å². The fourth-order valence-electron chi connectivity index (χ4n) is 0.706. The van der Waals surface area contributed by atoms with E-state index in [1.54, 1.807) is 13.8 Å². The van der Waals surface area contributed by atoms with E-state index in [-0.39, 0.29) is 44.4 Å². The molecule has 0 bridgehead atoms. The van der Waals surface area contributed by atoms with Gasteiger partial charge in [-0.15, -0.1) is 0 Å². The van der Waals surface area contributed by atoms with Crippen molar-refractivity contribution in [2.24, 2.45) is 0 Å². The zero-order valence-electron chi connectivity index (χ0n) is 6.38. The van der Waals surface area contributed by atoms with Gasteiger partial charge in [-0.2, -0.15) is 0 Å². The SMILES string of the molecule is CC(C)[c-]1oc(=O)[nH]c1=O.[Y]. The number of oxazole rings is 1. The molecule has 0 fully saturated rings. The van der Waals surface area contributed by atoms with Gasteiger partial charge in [0.2, 0.25) is 0 Å². The number of hydrogen-bond donors (Lipinski definition) is 1. The molecule has 0 aliphatic carbocycles. The number of rotatable bonds is 1. The van der Waals surface area contributed by atoms with E-state index in [0.717, 1.165) is 0 Å². The Kier molecular flexibility index (Phi) is 4.04. The third-order valence-electron chi connectivity index (χ3n) is 1.17. The normalized spacial score (nSPS) is 9.73. The predicted octanol–water partition coefficient (Wildman–Crippen LogP) is 0.168. The van der Waals surface area contributed by atoms with Crippen molar-refractivity contribution in [2.45, 2.75) is 19.8 Å². The number of aromatic nitrogens is 1. The van der Waals surface area contributed by atoms with Crippen LogP contribution in [0.15, 0.2) is 14.0 Å². The molecule has 0 saturated heterocycles. The van der Waals surface area contributed by atoms with Gasteiger partial charge in [0.15, 0.2) is 5.56 Å². The third kappa shape index (κ3) is 2.45. The molecule has 0 atom stereocenters. The zero-order valence-corrected chi connectivity index (χ0v) is 9.22. The van der Waals surface area contributed by atoms with Gasteiger partial charge in [0.1, 0.15) is 0 Å². The summed E-state index contributed by atoms with van der Waals surface area (Å²) in [7, 11) is 0. The fourth-order valence-corrected chi connectivity index (χ4v) is 0.706. The molecular formula is C6H8NO3Y-. The van der Waals surface area contributed by atoms with E-state index in [9.17, 15) is 9.59 Å². The molecule has 1 radical (unpaired) electrons. The van der Waals surface area contributed by atoms with Gasteiger partial charge in [-0.1, -0.05) is 19.8 Å². The minimum atomic E-state index is -0.673. The second kappa shape index (κ2) is 4.07. The standard InChI is InChI=1S/C6H8NO3.Y/c1-3(2)4-5(8)7-6(9)10-4;/h3H,1-2H3,(H,7,8,9);/q-1;. The second-order valence-electron chi connectivity index (χ2n) is 2.36. The minimum Gasteiger partial charge on any atom is -0.587 e. The average molecular weight is 231 g/mol. The summed E-state index contributed by atoms with van der Waals surface area (Å²) < 4.78 is 4.55. The minimum absolute atomic E-state index is 0. The molecule has 0 unspecified atom stereocenters. The summed E-state index contributed by atoms with van der Waals surface area (Å²) in [5, 5.41) is 0. The topological polar surface area (TPSA) is 63.1 Å². The fraction of sp³-hybridized carbons (Fsp3) is 0.500. The van der Waals surface area contributed by atoms with Crippen LogP contribution in [0, 0.1) is 0 Å². The second-order valence-corrected chi connectivity index (χ2v) is 2.36. The van der Waals surface area contributed by atoms with Crippen LogP contribution < -0.4 is 11.3 Å². The van der Waals surface area contributed by atoms with Crippen molar-refractivity contribution in [1.29, 1.82) is 0 Å². The molecule has 5 heteroatoms. The molecule has 0 saturated carbocycles. The maximum atomic E-state index is 10.7. The van der Waals surface area contributed by atoms with Crippen LogP contribution in [0.1, 0.15) is 25.5 Å². The van der Waals surface area contributed by atoms with Crippen molar-refractivity contribution in [2.75, 3.05) is 0 Å². The first-order valence-corrected chi connectivity index (χ1v) is 3.01. The van der Waals surface area contributed by atoms with Crippen molar-refractivity contribution in [3.8, 4) is 0 Å². The Morgan fingerprint density at radius 1 is 1.45 bits per heavy atom. The van der Waals surface area contributed by atoms with E-state index in [4.69, 9.17) is 0 Å². The van der Waals surface area contributed by atoms with Crippen molar-refractivity contribution in [3.05, 3.63) is 26.7 Å². The number of hydrogen-bond acceptors (Lipinski definition) is 3. The Morgan fingerprint density at radius 3 is 2.18 bits per heavy atom. The van der Waals surface area contributed by atoms with Crippen LogP contribution in [0.2, 0.25) is 0 Å². The summed E-state index contributed by atoms with van der Waals surface area (Å²) in [6.07, 6.45) is 0. The van der Waals surface area contributed by atoms with Gasteiger partial charge >= 0.3 is 0 Å². The molecule has 0 aliphatic heterocycles. The summed E-state index contributed by atoms with van der Waals surface area (Å²) in [6, 6.07) is 0. The zero-order chi connectivity index (χ0) is 7.72. The molecule has 0 spiro atoms. The first-order valence-electron chi connectivity index (χ1n) is 3.01. The monoisotopic (exact) mass is 231 g/mol. The van der Waals surface area contributed by atoms with Gasteiger partial charge in [-0.05, 0) is 0 Å². The quantitative estimate of drug-likeness (QED) is 0.700. The Labute approximate surface area is 88.2 Å². The first-order chi connectivity index (χ1) is 4.61. The predicted molar refractivity (Wildman–Crippen MR) is 35.3 cm³/mol. The molecule has 0 aromatic carbocycles. The summed E-state index contributed by atoms with van der Waals surface area (Å²) in [4.78, 5) is 23.1. The van der Waals surface area contributed by atoms with Crippen LogP contribution in [-0.2, 0) is 32.7 Å². The molecule has 4 nitrogen and oxygen atoms in total. The number of aromatic amines is 1. The van der Waals surface area contributed by atoms with Crippen LogP contribution >= 0.6 is 0 Å². The summed E-state index contributed by atoms with van der Waals surface area (Å²) in [5.41, 5.74) is -0.417. The van der Waals surface area contributed by atoms with Crippen molar-refractivity contribution in [1.82, 2.24) is 4.98 Å². The average Bonchev–Trinajstić information content (AvgIpc) is 2.10. The van der Waals surface area contributed by atoms with Gasteiger partial charge in [-0.25, -0.2) is 0 Å². The molecule has 0 amide bonds. The van der Waals surface area contributed by atoms with Gasteiger partial charge < -0.3 is 14.2 Å². The van der Waals surface area contributed by atoms with Crippen molar-refractivity contribution in [3.63, 3.8) is 0 Å². The molecule has 0 aliphatic rings. The molecule has 1 heterocycles. The Bertz CT molecular complexity index is 319. The van der Waals surface area contributed by atoms with E-state index in [2.05, 4.69) is 4.42 Å². The Balaban J connectivity index is 0.000001000. The van der Waals surface area contributed by atoms with Crippen molar-refractivity contribution >= 4 is 0 Å². The maximum Gasteiger partial charge on any atom is 0.253 e. The van der Waals surface area contributed by atoms with Gasteiger partial charge in [0, 0.05) is 38.5 Å². The third-order valence-corrected chi connectivity index (χ3v) is 1.17. The van der Waals surface area contributed by atoms with E-state index in [0.29, 0.717) is 0 Å². The van der Waals surface area contributed by atoms with Crippen LogP contribution in [0.25, 0.3) is 0 Å². The summed E-state index contributed by atoms with van der Waals surface area (Å²) in [6.45, 7) is 3.57. The molecule has 1 aromatic heterocycles. The largest absolute Gasteiger partial charge is 0.587 e. The molecule has 1 N–H and O–H groups in total. The van der Waals surface area contributed by atoms with Crippen LogP contribution in [0.5, 0.6) is 0 Å². The number of nitrogens with one attached hydrogen (secondary N) is 1. The number of H-pyrrole nitrogens is 1. The van der Waals surface area contributed by atoms with Crippen LogP contribution in [0.3, 0.4) is 0 Å². The summed E-state index contributed by atoms with van der Waals surface area (Å²) >= 11 is 0. The van der Waals surface area contributed by atoms with E-state index < -0.39 is 11.3 Å². The molecule has 59 valence electrons. The smallest absolute Gasteiger partial charge is 0.253 e. The van der Waals surface area contributed by atoms with E-state index in [1.165, 1.54) is 0 Å². The van der Waals surface area contributed by atoms with Gasteiger partial charge in [-0.3, -0.25) is 4.79 Å². The Morgan fingerprint density at radius 2 is 2.00 bits per heavy atom. The molecule has 1 aromatic rings. The van der Waals surface area contributed by atoms with Crippen LogP contribution in [0.4, 0.5) is 0 Å². The molecule has 1 rings (SSSR count). The molecular weight excluding hydrogens is 223 g/mol. The maximum absolute atomic E-state index is 10.7.